The van der Waals surface area contributed by atoms with Gasteiger partial charge in [-0.1, -0.05) is 12.1 Å². The van der Waals surface area contributed by atoms with Gasteiger partial charge in [0, 0.05) is 0 Å². The van der Waals surface area contributed by atoms with Crippen molar-refractivity contribution in [2.45, 2.75) is 6.42 Å². The third-order valence-electron chi connectivity index (χ3n) is 2.07. The van der Waals surface area contributed by atoms with Gasteiger partial charge >= 0.3 is 5.97 Å². The summed E-state index contributed by atoms with van der Waals surface area (Å²) in [6.07, 6.45) is 0.0947. The van der Waals surface area contributed by atoms with Crippen molar-refractivity contribution in [2.24, 2.45) is 0 Å². The SMILES string of the molecule is C[N+](C)(C)c1ccc(CC(=O)O)cc1.[I-]. The Morgan fingerprint density at radius 2 is 1.67 bits per heavy atom. The van der Waals surface area contributed by atoms with Crippen LogP contribution in [0, 0.1) is 0 Å². The number of carboxylic acid groups (broad SMARTS) is 1. The Morgan fingerprint density at radius 3 is 2.00 bits per heavy atom. The summed E-state index contributed by atoms with van der Waals surface area (Å²) in [5.41, 5.74) is 2.01. The van der Waals surface area contributed by atoms with Gasteiger partial charge in [0.2, 0.25) is 0 Å². The predicted octanol–water partition coefficient (Wildman–Crippen LogP) is -1.49. The van der Waals surface area contributed by atoms with Crippen molar-refractivity contribution in [1.29, 1.82) is 0 Å². The van der Waals surface area contributed by atoms with Crippen LogP contribution in [0.25, 0.3) is 0 Å². The van der Waals surface area contributed by atoms with Gasteiger partial charge in [-0.05, 0) is 17.7 Å². The first-order valence-corrected chi connectivity index (χ1v) is 4.52. The molecule has 0 unspecified atom stereocenters. The van der Waals surface area contributed by atoms with Gasteiger partial charge in [-0.25, -0.2) is 0 Å². The summed E-state index contributed by atoms with van der Waals surface area (Å²) in [4.78, 5) is 10.4. The Morgan fingerprint density at radius 1 is 1.20 bits per heavy atom. The number of nitrogens with zero attached hydrogens (tertiary/aromatic N) is 1. The molecule has 0 aromatic heterocycles. The molecule has 3 nitrogen and oxygen atoms in total. The van der Waals surface area contributed by atoms with E-state index in [1.807, 2.05) is 24.3 Å². The van der Waals surface area contributed by atoms with E-state index in [0.29, 0.717) is 0 Å². The fourth-order valence-corrected chi connectivity index (χ4v) is 1.24. The lowest BCUT2D eigenvalue weighted by Gasteiger charge is -2.23. The van der Waals surface area contributed by atoms with E-state index >= 15 is 0 Å². The first kappa shape index (κ1) is 14.4. The van der Waals surface area contributed by atoms with Gasteiger partial charge in [-0.3, -0.25) is 9.28 Å². The minimum atomic E-state index is -0.789. The fraction of sp³-hybridized carbons (Fsp3) is 0.364. The van der Waals surface area contributed by atoms with Crippen molar-refractivity contribution in [3.05, 3.63) is 29.8 Å². The molecule has 0 heterocycles. The molecule has 0 aliphatic carbocycles. The van der Waals surface area contributed by atoms with E-state index in [-0.39, 0.29) is 30.4 Å². The van der Waals surface area contributed by atoms with Crippen molar-refractivity contribution >= 4 is 11.7 Å². The van der Waals surface area contributed by atoms with E-state index in [4.69, 9.17) is 5.11 Å². The summed E-state index contributed by atoms with van der Waals surface area (Å²) in [5.74, 6) is -0.789. The highest BCUT2D eigenvalue weighted by Gasteiger charge is 2.11. The van der Waals surface area contributed by atoms with E-state index in [9.17, 15) is 4.79 Å². The number of halogens is 1. The van der Waals surface area contributed by atoms with Crippen LogP contribution in [0.2, 0.25) is 0 Å². The van der Waals surface area contributed by atoms with Crippen LogP contribution in [0.5, 0.6) is 0 Å². The van der Waals surface area contributed by atoms with Crippen LogP contribution in [0.1, 0.15) is 5.56 Å². The lowest BCUT2D eigenvalue weighted by Crippen LogP contribution is -3.00. The van der Waals surface area contributed by atoms with E-state index < -0.39 is 5.97 Å². The summed E-state index contributed by atoms with van der Waals surface area (Å²) in [5, 5.41) is 8.59. The van der Waals surface area contributed by atoms with Gasteiger partial charge in [0.1, 0.15) is 5.69 Å². The summed E-state index contributed by atoms with van der Waals surface area (Å²) < 4.78 is 0.743. The second-order valence-corrected chi connectivity index (χ2v) is 4.25. The first-order chi connectivity index (χ1) is 6.39. The quantitative estimate of drug-likeness (QED) is 0.544. The molecule has 15 heavy (non-hydrogen) atoms. The number of carboxylic acids is 1. The molecule has 1 N–H and O–H groups in total. The van der Waals surface area contributed by atoms with Crippen molar-refractivity contribution in [3.63, 3.8) is 0 Å². The number of quaternary nitrogens is 1. The van der Waals surface area contributed by atoms with E-state index in [0.717, 1.165) is 10.0 Å². The summed E-state index contributed by atoms with van der Waals surface area (Å²) in [7, 11) is 6.23. The van der Waals surface area contributed by atoms with Crippen molar-refractivity contribution in [2.75, 3.05) is 21.1 Å². The van der Waals surface area contributed by atoms with Crippen molar-refractivity contribution in [1.82, 2.24) is 4.48 Å². The third-order valence-corrected chi connectivity index (χ3v) is 2.07. The van der Waals surface area contributed by atoms with E-state index in [1.54, 1.807) is 0 Å². The molecule has 1 aromatic carbocycles. The summed E-state index contributed by atoms with van der Waals surface area (Å²) in [6.45, 7) is 0. The van der Waals surface area contributed by atoms with Crippen LogP contribution in [0.3, 0.4) is 0 Å². The minimum Gasteiger partial charge on any atom is -1.00 e. The molecule has 0 spiro atoms. The molecule has 0 fully saturated rings. The molecule has 0 saturated heterocycles. The first-order valence-electron chi connectivity index (χ1n) is 4.52. The van der Waals surface area contributed by atoms with Crippen LogP contribution in [-0.2, 0) is 11.2 Å². The molecule has 1 aromatic rings. The lowest BCUT2D eigenvalue weighted by atomic mass is 10.1. The lowest BCUT2D eigenvalue weighted by molar-refractivity contribution is -0.136. The highest BCUT2D eigenvalue weighted by molar-refractivity contribution is 5.70. The second kappa shape index (κ2) is 5.46. The van der Waals surface area contributed by atoms with Gasteiger partial charge in [0.25, 0.3) is 0 Å². The maximum absolute atomic E-state index is 10.4. The highest BCUT2D eigenvalue weighted by Crippen LogP contribution is 2.17. The molecule has 0 aliphatic rings. The average molecular weight is 321 g/mol. The molecule has 0 amide bonds. The molecular weight excluding hydrogens is 305 g/mol. The third kappa shape index (κ3) is 4.61. The molecule has 0 atom stereocenters. The Balaban J connectivity index is 0.00000196. The molecular formula is C11H16INO2. The second-order valence-electron chi connectivity index (χ2n) is 4.25. The number of rotatable bonds is 3. The molecule has 0 radical (unpaired) electrons. The van der Waals surface area contributed by atoms with Crippen LogP contribution in [-0.4, -0.2) is 32.2 Å². The highest BCUT2D eigenvalue weighted by atomic mass is 127. The van der Waals surface area contributed by atoms with Gasteiger partial charge < -0.3 is 29.1 Å². The monoisotopic (exact) mass is 321 g/mol. The van der Waals surface area contributed by atoms with E-state index in [2.05, 4.69) is 21.1 Å². The van der Waals surface area contributed by atoms with E-state index in [1.165, 1.54) is 5.69 Å². The Kier molecular flexibility index (Phi) is 5.23. The molecule has 1 rings (SSSR count). The zero-order valence-electron chi connectivity index (χ0n) is 9.20. The molecule has 0 bridgehead atoms. The molecule has 0 aliphatic heterocycles. The predicted molar refractivity (Wildman–Crippen MR) is 57.3 cm³/mol. The minimum absolute atomic E-state index is 0. The smallest absolute Gasteiger partial charge is 0.307 e. The molecule has 0 saturated carbocycles. The van der Waals surface area contributed by atoms with Crippen molar-refractivity contribution in [3.8, 4) is 0 Å². The topological polar surface area (TPSA) is 37.3 Å². The summed E-state index contributed by atoms with van der Waals surface area (Å²) in [6, 6.07) is 7.68. The largest absolute Gasteiger partial charge is 1.00 e. The van der Waals surface area contributed by atoms with Gasteiger partial charge in [-0.2, -0.15) is 0 Å². The van der Waals surface area contributed by atoms with Crippen LogP contribution < -0.4 is 28.5 Å². The maximum atomic E-state index is 10.4. The average Bonchev–Trinajstić information content (AvgIpc) is 2.02. The zero-order chi connectivity index (χ0) is 10.8. The Labute approximate surface area is 107 Å². The molecule has 84 valence electrons. The summed E-state index contributed by atoms with van der Waals surface area (Å²) >= 11 is 0. The Bertz CT molecular complexity index is 327. The normalized spacial score (nSPS) is 10.6. The van der Waals surface area contributed by atoms with Crippen LogP contribution in [0.15, 0.2) is 24.3 Å². The number of carbonyl (C=O) groups is 1. The standard InChI is InChI=1S/C11H15NO2.HI/c1-12(2,3)10-6-4-9(5-7-10)8-11(13)14;/h4-7H,8H2,1-3H3;1H. The van der Waals surface area contributed by atoms with Gasteiger partial charge in [0.05, 0.1) is 27.6 Å². The molecule has 4 heteroatoms. The van der Waals surface area contributed by atoms with Gasteiger partial charge in [-0.15, -0.1) is 0 Å². The number of hydrogen-bond donors (Lipinski definition) is 1. The zero-order valence-corrected chi connectivity index (χ0v) is 11.4. The van der Waals surface area contributed by atoms with Crippen LogP contribution in [0.4, 0.5) is 5.69 Å². The fourth-order valence-electron chi connectivity index (χ4n) is 1.24. The maximum Gasteiger partial charge on any atom is 0.307 e. The Hall–Kier alpha value is -0.620. The number of hydrogen-bond acceptors (Lipinski definition) is 1. The van der Waals surface area contributed by atoms with Crippen LogP contribution >= 0.6 is 0 Å². The van der Waals surface area contributed by atoms with Gasteiger partial charge in [0.15, 0.2) is 0 Å². The van der Waals surface area contributed by atoms with Crippen molar-refractivity contribution < 1.29 is 33.9 Å². The number of benzene rings is 1. The number of aliphatic carboxylic acids is 1.